The van der Waals surface area contributed by atoms with Gasteiger partial charge in [0.2, 0.25) is 5.88 Å². The first kappa shape index (κ1) is 12.4. The summed E-state index contributed by atoms with van der Waals surface area (Å²) in [5.74, 6) is -0.344. The number of aromatic amines is 1. The third-order valence-corrected chi connectivity index (χ3v) is 3.08. The maximum Gasteiger partial charge on any atom is 0.330 e. The van der Waals surface area contributed by atoms with Crippen molar-refractivity contribution in [2.24, 2.45) is 7.05 Å². The normalized spacial score (nSPS) is 10.6. The van der Waals surface area contributed by atoms with Crippen LogP contribution in [0, 0.1) is 0 Å². The molecule has 1 heterocycles. The second-order valence-electron chi connectivity index (χ2n) is 3.89. The second kappa shape index (κ2) is 4.70. The zero-order valence-electron chi connectivity index (χ0n) is 9.61. The van der Waals surface area contributed by atoms with Gasteiger partial charge in [-0.15, -0.1) is 0 Å². The number of aromatic nitrogens is 2. The lowest BCUT2D eigenvalue weighted by Gasteiger charge is -2.08. The fraction of sp³-hybridized carbons (Fsp3) is 0.167. The smallest absolute Gasteiger partial charge is 0.330 e. The minimum Gasteiger partial charge on any atom is -0.494 e. The van der Waals surface area contributed by atoms with Crippen molar-refractivity contribution in [3.63, 3.8) is 0 Å². The molecule has 2 N–H and O–H groups in total. The molecule has 6 heteroatoms. The Kier molecular flexibility index (Phi) is 3.25. The molecule has 2 rings (SSSR count). The molecule has 0 unspecified atom stereocenters. The monoisotopic (exact) mass is 266 g/mol. The van der Waals surface area contributed by atoms with Gasteiger partial charge in [-0.05, 0) is 11.6 Å². The van der Waals surface area contributed by atoms with Gasteiger partial charge in [-0.2, -0.15) is 0 Å². The molecule has 94 valence electrons. The van der Waals surface area contributed by atoms with Gasteiger partial charge in [0.25, 0.3) is 5.56 Å². The van der Waals surface area contributed by atoms with E-state index >= 15 is 0 Å². The molecule has 0 bridgehead atoms. The number of benzene rings is 1. The van der Waals surface area contributed by atoms with Gasteiger partial charge in [-0.25, -0.2) is 4.79 Å². The Labute approximate surface area is 107 Å². The predicted octanol–water partition coefficient (Wildman–Crippen LogP) is 1.02. The largest absolute Gasteiger partial charge is 0.494 e. The highest BCUT2D eigenvalue weighted by atomic mass is 35.5. The number of rotatable bonds is 2. The Morgan fingerprint density at radius 3 is 2.67 bits per heavy atom. The van der Waals surface area contributed by atoms with E-state index in [-0.39, 0.29) is 17.9 Å². The summed E-state index contributed by atoms with van der Waals surface area (Å²) >= 11 is 5.99. The standard InChI is InChI=1S/C12H11ClN2O3/c1-15-11(17)8(10(16)14-12(15)18)6-7-4-2-3-5-9(7)13/h2-5,17H,6H2,1H3,(H,14,16,18). The molecular weight excluding hydrogens is 256 g/mol. The van der Waals surface area contributed by atoms with Crippen LogP contribution in [0.4, 0.5) is 0 Å². The van der Waals surface area contributed by atoms with E-state index in [2.05, 4.69) is 4.98 Å². The molecule has 1 aromatic carbocycles. The van der Waals surface area contributed by atoms with E-state index < -0.39 is 11.2 Å². The lowest BCUT2D eigenvalue weighted by atomic mass is 10.1. The van der Waals surface area contributed by atoms with E-state index in [1.165, 1.54) is 7.05 Å². The average molecular weight is 267 g/mol. The Bertz CT molecular complexity index is 703. The Morgan fingerprint density at radius 2 is 2.00 bits per heavy atom. The van der Waals surface area contributed by atoms with Crippen LogP contribution >= 0.6 is 11.6 Å². The van der Waals surface area contributed by atoms with E-state index in [0.717, 1.165) is 4.57 Å². The van der Waals surface area contributed by atoms with Crippen molar-refractivity contribution in [2.45, 2.75) is 6.42 Å². The van der Waals surface area contributed by atoms with E-state index in [9.17, 15) is 14.7 Å². The van der Waals surface area contributed by atoms with Crippen LogP contribution in [-0.2, 0) is 13.5 Å². The number of hydrogen-bond acceptors (Lipinski definition) is 3. The Balaban J connectivity index is 2.55. The molecule has 5 nitrogen and oxygen atoms in total. The van der Waals surface area contributed by atoms with Crippen molar-refractivity contribution < 1.29 is 5.11 Å². The summed E-state index contributed by atoms with van der Waals surface area (Å²) in [7, 11) is 1.38. The summed E-state index contributed by atoms with van der Waals surface area (Å²) in [5, 5.41) is 10.3. The molecule has 0 spiro atoms. The molecule has 0 aliphatic heterocycles. The first-order valence-electron chi connectivity index (χ1n) is 5.25. The SMILES string of the molecule is Cn1c(O)c(Cc2ccccc2Cl)c(=O)[nH]c1=O. The molecular formula is C12H11ClN2O3. The van der Waals surface area contributed by atoms with Gasteiger partial charge < -0.3 is 5.11 Å². The van der Waals surface area contributed by atoms with Crippen LogP contribution in [0.3, 0.4) is 0 Å². The number of nitrogens with one attached hydrogen (secondary N) is 1. The molecule has 0 fully saturated rings. The van der Waals surface area contributed by atoms with Gasteiger partial charge in [0, 0.05) is 18.5 Å². The van der Waals surface area contributed by atoms with Crippen molar-refractivity contribution in [1.82, 2.24) is 9.55 Å². The molecule has 2 aromatic rings. The Hall–Kier alpha value is -2.01. The Morgan fingerprint density at radius 1 is 1.33 bits per heavy atom. The van der Waals surface area contributed by atoms with Gasteiger partial charge in [0.1, 0.15) is 0 Å². The van der Waals surface area contributed by atoms with Crippen LogP contribution in [0.1, 0.15) is 11.1 Å². The number of nitrogens with zero attached hydrogens (tertiary/aromatic N) is 1. The van der Waals surface area contributed by atoms with Crippen LogP contribution in [-0.4, -0.2) is 14.7 Å². The summed E-state index contributed by atoms with van der Waals surface area (Å²) < 4.78 is 0.980. The van der Waals surface area contributed by atoms with Crippen LogP contribution in [0.15, 0.2) is 33.9 Å². The van der Waals surface area contributed by atoms with E-state index in [1.807, 2.05) is 0 Å². The minimum atomic E-state index is -0.652. The average Bonchev–Trinajstić information content (AvgIpc) is 2.34. The number of halogens is 1. The number of H-pyrrole nitrogens is 1. The summed E-state index contributed by atoms with van der Waals surface area (Å²) in [6.45, 7) is 0. The van der Waals surface area contributed by atoms with Crippen molar-refractivity contribution >= 4 is 11.6 Å². The molecule has 0 radical (unpaired) electrons. The van der Waals surface area contributed by atoms with Crippen LogP contribution in [0.25, 0.3) is 0 Å². The predicted molar refractivity (Wildman–Crippen MR) is 68.2 cm³/mol. The number of hydrogen-bond donors (Lipinski definition) is 2. The number of aromatic hydroxyl groups is 1. The summed E-state index contributed by atoms with van der Waals surface area (Å²) in [5.41, 5.74) is -0.431. The molecule has 0 aliphatic rings. The van der Waals surface area contributed by atoms with Crippen LogP contribution < -0.4 is 11.2 Å². The third-order valence-electron chi connectivity index (χ3n) is 2.71. The van der Waals surface area contributed by atoms with Crippen molar-refractivity contribution in [1.29, 1.82) is 0 Å². The quantitative estimate of drug-likeness (QED) is 0.852. The highest BCUT2D eigenvalue weighted by Crippen LogP contribution is 2.20. The zero-order chi connectivity index (χ0) is 13.3. The van der Waals surface area contributed by atoms with Crippen molar-refractivity contribution in [3.8, 4) is 5.88 Å². The van der Waals surface area contributed by atoms with E-state index in [1.54, 1.807) is 24.3 Å². The molecule has 0 saturated heterocycles. The lowest BCUT2D eigenvalue weighted by Crippen LogP contribution is -2.30. The van der Waals surface area contributed by atoms with E-state index in [0.29, 0.717) is 10.6 Å². The molecule has 1 aromatic heterocycles. The zero-order valence-corrected chi connectivity index (χ0v) is 10.4. The van der Waals surface area contributed by atoms with Crippen LogP contribution in [0.5, 0.6) is 5.88 Å². The molecule has 18 heavy (non-hydrogen) atoms. The first-order valence-corrected chi connectivity index (χ1v) is 5.63. The topological polar surface area (TPSA) is 75.1 Å². The van der Waals surface area contributed by atoms with Gasteiger partial charge in [0.05, 0.1) is 5.56 Å². The summed E-state index contributed by atoms with van der Waals surface area (Å²) in [6.07, 6.45) is 0.162. The fourth-order valence-electron chi connectivity index (χ4n) is 1.65. The summed E-state index contributed by atoms with van der Waals surface area (Å²) in [4.78, 5) is 25.0. The molecule has 0 atom stereocenters. The third kappa shape index (κ3) is 2.17. The molecule has 0 aliphatic carbocycles. The highest BCUT2D eigenvalue weighted by molar-refractivity contribution is 6.31. The van der Waals surface area contributed by atoms with Crippen molar-refractivity contribution in [3.05, 3.63) is 61.3 Å². The lowest BCUT2D eigenvalue weighted by molar-refractivity contribution is 0.411. The van der Waals surface area contributed by atoms with Gasteiger partial charge in [-0.3, -0.25) is 14.3 Å². The van der Waals surface area contributed by atoms with Gasteiger partial charge >= 0.3 is 5.69 Å². The minimum absolute atomic E-state index is 0.116. The second-order valence-corrected chi connectivity index (χ2v) is 4.30. The van der Waals surface area contributed by atoms with Gasteiger partial charge in [-0.1, -0.05) is 29.8 Å². The maximum absolute atomic E-state index is 11.7. The molecule has 0 saturated carbocycles. The highest BCUT2D eigenvalue weighted by Gasteiger charge is 2.13. The fourth-order valence-corrected chi connectivity index (χ4v) is 1.85. The maximum atomic E-state index is 11.7. The van der Waals surface area contributed by atoms with E-state index in [4.69, 9.17) is 11.6 Å². The summed E-state index contributed by atoms with van der Waals surface area (Å²) in [6, 6.07) is 7.02. The first-order chi connectivity index (χ1) is 8.50. The van der Waals surface area contributed by atoms with Crippen LogP contribution in [0.2, 0.25) is 5.02 Å². The molecule has 0 amide bonds. The van der Waals surface area contributed by atoms with Crippen molar-refractivity contribution in [2.75, 3.05) is 0 Å². The van der Waals surface area contributed by atoms with Gasteiger partial charge in [0.15, 0.2) is 0 Å².